The van der Waals surface area contributed by atoms with Crippen molar-refractivity contribution in [3.63, 3.8) is 0 Å². The van der Waals surface area contributed by atoms with Gasteiger partial charge in [0.05, 0.1) is 12.5 Å². The van der Waals surface area contributed by atoms with E-state index in [2.05, 4.69) is 6.92 Å². The number of piperidine rings is 1. The summed E-state index contributed by atoms with van der Waals surface area (Å²) in [6, 6.07) is 0.353. The van der Waals surface area contributed by atoms with Crippen molar-refractivity contribution >= 4 is 11.9 Å². The van der Waals surface area contributed by atoms with Crippen molar-refractivity contribution in [1.82, 2.24) is 9.80 Å². The summed E-state index contributed by atoms with van der Waals surface area (Å²) in [5.41, 5.74) is 0. The number of aliphatic carboxylic acids is 1. The van der Waals surface area contributed by atoms with Gasteiger partial charge in [-0.1, -0.05) is 19.8 Å². The number of nitrogens with zero attached hydrogens (tertiary/aromatic N) is 2. The first kappa shape index (κ1) is 16.3. The second-order valence-corrected chi connectivity index (χ2v) is 6.75. The molecule has 3 unspecified atom stereocenters. The molecular formula is C16H28N2O3. The monoisotopic (exact) mass is 296 g/mol. The molecule has 0 bridgehead atoms. The summed E-state index contributed by atoms with van der Waals surface area (Å²) < 4.78 is 0. The maximum Gasteiger partial charge on any atom is 0.307 e. The van der Waals surface area contributed by atoms with Gasteiger partial charge < -0.3 is 10.0 Å². The smallest absolute Gasteiger partial charge is 0.307 e. The van der Waals surface area contributed by atoms with E-state index in [1.807, 2.05) is 16.8 Å². The molecule has 120 valence electrons. The van der Waals surface area contributed by atoms with E-state index in [4.69, 9.17) is 5.11 Å². The van der Waals surface area contributed by atoms with Gasteiger partial charge in [-0.3, -0.25) is 14.5 Å². The second-order valence-electron chi connectivity index (χ2n) is 6.75. The van der Waals surface area contributed by atoms with Crippen molar-refractivity contribution in [2.24, 2.45) is 11.8 Å². The number of carbonyl (C=O) groups excluding carboxylic acids is 1. The zero-order chi connectivity index (χ0) is 15.4. The highest BCUT2D eigenvalue weighted by Gasteiger charge is 2.30. The summed E-state index contributed by atoms with van der Waals surface area (Å²) in [5, 5.41) is 9.12. The first-order chi connectivity index (χ1) is 9.99. The Bertz CT molecular complexity index is 386. The number of carboxylic acids is 1. The van der Waals surface area contributed by atoms with Crippen LogP contribution in [0, 0.1) is 11.8 Å². The van der Waals surface area contributed by atoms with Crippen molar-refractivity contribution in [3.8, 4) is 0 Å². The molecule has 21 heavy (non-hydrogen) atoms. The molecule has 0 radical (unpaired) electrons. The Labute approximate surface area is 127 Å². The van der Waals surface area contributed by atoms with Gasteiger partial charge in [-0.05, 0) is 38.1 Å². The normalized spacial score (nSPS) is 30.9. The third-order valence-electron chi connectivity index (χ3n) is 5.17. The van der Waals surface area contributed by atoms with Gasteiger partial charge in [-0.15, -0.1) is 0 Å². The number of hydrogen-bond acceptors (Lipinski definition) is 3. The predicted molar refractivity (Wildman–Crippen MR) is 81.0 cm³/mol. The van der Waals surface area contributed by atoms with E-state index in [-0.39, 0.29) is 11.8 Å². The van der Waals surface area contributed by atoms with Crippen LogP contribution in [0.2, 0.25) is 0 Å². The van der Waals surface area contributed by atoms with E-state index in [1.54, 1.807) is 0 Å². The zero-order valence-electron chi connectivity index (χ0n) is 13.3. The molecule has 1 N–H and O–H groups in total. The second kappa shape index (κ2) is 7.25. The summed E-state index contributed by atoms with van der Waals surface area (Å²) >= 11 is 0. The fourth-order valence-electron chi connectivity index (χ4n) is 3.76. The molecule has 1 aliphatic heterocycles. The number of likely N-dealkylation sites (N-methyl/N-ethyl adjacent to an activating group) is 1. The van der Waals surface area contributed by atoms with Crippen molar-refractivity contribution in [2.45, 2.75) is 51.5 Å². The topological polar surface area (TPSA) is 60.9 Å². The maximum absolute atomic E-state index is 12.5. The van der Waals surface area contributed by atoms with Gasteiger partial charge in [0.15, 0.2) is 0 Å². The highest BCUT2D eigenvalue weighted by molar-refractivity contribution is 5.78. The van der Waals surface area contributed by atoms with E-state index in [0.717, 1.165) is 25.8 Å². The average molecular weight is 296 g/mol. The lowest BCUT2D eigenvalue weighted by Crippen LogP contribution is -2.49. The molecule has 1 heterocycles. The lowest BCUT2D eigenvalue weighted by molar-refractivity contribution is -0.145. The largest absolute Gasteiger partial charge is 0.481 e. The number of likely N-dealkylation sites (tertiary alicyclic amines) is 1. The Hall–Kier alpha value is -1.10. The molecule has 1 saturated carbocycles. The Kier molecular flexibility index (Phi) is 5.62. The zero-order valence-corrected chi connectivity index (χ0v) is 13.3. The Morgan fingerprint density at radius 1 is 1.19 bits per heavy atom. The molecule has 3 atom stereocenters. The van der Waals surface area contributed by atoms with Crippen molar-refractivity contribution in [1.29, 1.82) is 0 Å². The van der Waals surface area contributed by atoms with Gasteiger partial charge in [-0.25, -0.2) is 0 Å². The predicted octanol–water partition coefficient (Wildman–Crippen LogP) is 1.82. The van der Waals surface area contributed by atoms with E-state index in [1.165, 1.54) is 19.3 Å². The van der Waals surface area contributed by atoms with Crippen molar-refractivity contribution in [3.05, 3.63) is 0 Å². The molecule has 2 aliphatic rings. The van der Waals surface area contributed by atoms with Crippen LogP contribution in [-0.2, 0) is 9.59 Å². The summed E-state index contributed by atoms with van der Waals surface area (Å²) in [6.45, 7) is 3.94. The molecule has 2 rings (SSSR count). The quantitative estimate of drug-likeness (QED) is 0.859. The molecular weight excluding hydrogens is 268 g/mol. The van der Waals surface area contributed by atoms with E-state index < -0.39 is 5.97 Å². The van der Waals surface area contributed by atoms with Gasteiger partial charge in [0.1, 0.15) is 0 Å². The fraction of sp³-hybridized carbons (Fsp3) is 0.875. The molecule has 1 saturated heterocycles. The third-order valence-corrected chi connectivity index (χ3v) is 5.17. The third kappa shape index (κ3) is 4.19. The summed E-state index contributed by atoms with van der Waals surface area (Å²) in [5.74, 6) is -0.340. The van der Waals surface area contributed by atoms with Crippen LogP contribution in [0.4, 0.5) is 0 Å². The number of carbonyl (C=O) groups is 2. The van der Waals surface area contributed by atoms with Gasteiger partial charge in [0.25, 0.3) is 0 Å². The van der Waals surface area contributed by atoms with Crippen LogP contribution in [0.25, 0.3) is 0 Å². The van der Waals surface area contributed by atoms with Gasteiger partial charge in [0, 0.05) is 19.6 Å². The summed E-state index contributed by atoms with van der Waals surface area (Å²) in [6.07, 6.45) is 6.38. The number of hydrogen-bond donors (Lipinski definition) is 1. The molecule has 0 aromatic carbocycles. The van der Waals surface area contributed by atoms with Crippen LogP contribution in [0.5, 0.6) is 0 Å². The van der Waals surface area contributed by atoms with Crippen LogP contribution in [0.15, 0.2) is 0 Å². The molecule has 2 fully saturated rings. The molecule has 0 spiro atoms. The first-order valence-electron chi connectivity index (χ1n) is 8.20. The van der Waals surface area contributed by atoms with E-state index in [9.17, 15) is 9.59 Å². The fourth-order valence-corrected chi connectivity index (χ4v) is 3.76. The van der Waals surface area contributed by atoms with Crippen molar-refractivity contribution < 1.29 is 14.7 Å². The van der Waals surface area contributed by atoms with Crippen LogP contribution in [0.3, 0.4) is 0 Å². The number of carboxylic acid groups (broad SMARTS) is 1. The Morgan fingerprint density at radius 3 is 2.57 bits per heavy atom. The molecule has 5 heteroatoms. The van der Waals surface area contributed by atoms with Gasteiger partial charge in [0.2, 0.25) is 5.91 Å². The molecule has 1 aliphatic carbocycles. The Balaban J connectivity index is 1.86. The van der Waals surface area contributed by atoms with E-state index in [0.29, 0.717) is 25.0 Å². The molecule has 5 nitrogen and oxygen atoms in total. The first-order valence-corrected chi connectivity index (χ1v) is 8.20. The molecule has 1 amide bonds. The minimum Gasteiger partial charge on any atom is -0.481 e. The average Bonchev–Trinajstić information content (AvgIpc) is 2.47. The number of amides is 1. The molecule has 0 aromatic rings. The highest BCUT2D eigenvalue weighted by Crippen LogP contribution is 2.27. The number of rotatable bonds is 4. The van der Waals surface area contributed by atoms with E-state index >= 15 is 0 Å². The minimum atomic E-state index is -0.735. The molecule has 0 aromatic heterocycles. The van der Waals surface area contributed by atoms with Crippen LogP contribution >= 0.6 is 0 Å². The minimum absolute atomic E-state index is 0.139. The lowest BCUT2D eigenvalue weighted by atomic mass is 9.85. The van der Waals surface area contributed by atoms with Crippen molar-refractivity contribution in [2.75, 3.05) is 26.7 Å². The highest BCUT2D eigenvalue weighted by atomic mass is 16.4. The van der Waals surface area contributed by atoms with Crippen LogP contribution < -0.4 is 0 Å². The van der Waals surface area contributed by atoms with Gasteiger partial charge >= 0.3 is 5.97 Å². The summed E-state index contributed by atoms with van der Waals surface area (Å²) in [7, 11) is 1.91. The SMILES string of the molecule is CC1CCCCC1N(C)C(=O)CN1CCCC(C(=O)O)C1. The van der Waals surface area contributed by atoms with Crippen LogP contribution in [0.1, 0.15) is 45.4 Å². The van der Waals surface area contributed by atoms with Crippen LogP contribution in [-0.4, -0.2) is 59.5 Å². The Morgan fingerprint density at radius 2 is 1.90 bits per heavy atom. The summed E-state index contributed by atoms with van der Waals surface area (Å²) in [4.78, 5) is 27.5. The van der Waals surface area contributed by atoms with Gasteiger partial charge in [-0.2, -0.15) is 0 Å². The lowest BCUT2D eigenvalue weighted by Gasteiger charge is -2.38. The maximum atomic E-state index is 12.5. The standard InChI is InChI=1S/C16H28N2O3/c1-12-6-3-4-8-14(12)17(2)15(19)11-18-9-5-7-13(10-18)16(20)21/h12-14H,3-11H2,1-2H3,(H,20,21).